The largest absolute Gasteiger partial charge is 0.396 e. The Morgan fingerprint density at radius 3 is 2.58 bits per heavy atom. The molecular formula is C12H24N2O4S. The second-order valence-electron chi connectivity index (χ2n) is 5.23. The highest BCUT2D eigenvalue weighted by atomic mass is 32.2. The van der Waals surface area contributed by atoms with Gasteiger partial charge in [0.05, 0.1) is 6.26 Å². The van der Waals surface area contributed by atoms with Gasteiger partial charge in [-0.1, -0.05) is 0 Å². The lowest BCUT2D eigenvalue weighted by molar-refractivity contribution is -0.136. The zero-order valence-corrected chi connectivity index (χ0v) is 12.7. The Morgan fingerprint density at radius 2 is 2.11 bits per heavy atom. The maximum Gasteiger partial charge on any atom is 0.241 e. The second kappa shape index (κ2) is 6.67. The van der Waals surface area contributed by atoms with Crippen LogP contribution in [0.15, 0.2) is 0 Å². The minimum absolute atomic E-state index is 0.000982. The first-order valence-corrected chi connectivity index (χ1v) is 8.52. The molecule has 6 nitrogen and oxygen atoms in total. The van der Waals surface area contributed by atoms with Gasteiger partial charge >= 0.3 is 0 Å². The Kier molecular flexibility index (Phi) is 5.76. The average Bonchev–Trinajstić information content (AvgIpc) is 2.77. The van der Waals surface area contributed by atoms with Crippen molar-refractivity contribution in [3.63, 3.8) is 0 Å². The van der Waals surface area contributed by atoms with Crippen molar-refractivity contribution in [2.45, 2.75) is 45.2 Å². The highest BCUT2D eigenvalue weighted by molar-refractivity contribution is 7.88. The quantitative estimate of drug-likeness (QED) is 0.749. The molecule has 7 heteroatoms. The van der Waals surface area contributed by atoms with Crippen molar-refractivity contribution < 1.29 is 18.3 Å². The van der Waals surface area contributed by atoms with Gasteiger partial charge in [-0.05, 0) is 33.1 Å². The summed E-state index contributed by atoms with van der Waals surface area (Å²) < 4.78 is 24.6. The zero-order valence-electron chi connectivity index (χ0n) is 11.9. The summed E-state index contributed by atoms with van der Waals surface area (Å²) >= 11 is 0. The Labute approximate surface area is 115 Å². The topological polar surface area (TPSA) is 77.9 Å². The molecule has 1 aliphatic heterocycles. The van der Waals surface area contributed by atoms with Gasteiger partial charge in [-0.3, -0.25) is 4.79 Å². The fourth-order valence-corrected chi connectivity index (χ4v) is 3.56. The molecule has 1 rings (SSSR count). The summed E-state index contributed by atoms with van der Waals surface area (Å²) in [5, 5.41) is 8.88. The summed E-state index contributed by atoms with van der Waals surface area (Å²) in [5.74, 6) is -0.147. The summed E-state index contributed by atoms with van der Waals surface area (Å²) in [4.78, 5) is 14.1. The van der Waals surface area contributed by atoms with Crippen LogP contribution in [0.5, 0.6) is 0 Å². The summed E-state index contributed by atoms with van der Waals surface area (Å²) in [7, 11) is -3.34. The van der Waals surface area contributed by atoms with Gasteiger partial charge < -0.3 is 10.0 Å². The van der Waals surface area contributed by atoms with Crippen LogP contribution in [0.3, 0.4) is 0 Å². The molecule has 0 aromatic rings. The summed E-state index contributed by atoms with van der Waals surface area (Å²) in [5.41, 5.74) is 0. The monoisotopic (exact) mass is 292 g/mol. The van der Waals surface area contributed by atoms with E-state index in [0.29, 0.717) is 25.9 Å². The van der Waals surface area contributed by atoms with Crippen LogP contribution in [0.1, 0.15) is 33.1 Å². The highest BCUT2D eigenvalue weighted by Gasteiger charge is 2.38. The van der Waals surface area contributed by atoms with Gasteiger partial charge in [-0.25, -0.2) is 8.42 Å². The number of carbonyl (C=O) groups excluding carboxylic acids is 1. The maximum absolute atomic E-state index is 12.5. The highest BCUT2D eigenvalue weighted by Crippen LogP contribution is 2.23. The maximum atomic E-state index is 12.5. The lowest BCUT2D eigenvalue weighted by atomic mass is 10.1. The van der Waals surface area contributed by atoms with E-state index in [-0.39, 0.29) is 18.6 Å². The third-order valence-electron chi connectivity index (χ3n) is 3.38. The van der Waals surface area contributed by atoms with E-state index in [1.54, 1.807) is 4.90 Å². The fraction of sp³-hybridized carbons (Fsp3) is 0.917. The van der Waals surface area contributed by atoms with Crippen molar-refractivity contribution in [3.05, 3.63) is 0 Å². The minimum atomic E-state index is -3.34. The van der Waals surface area contributed by atoms with Gasteiger partial charge in [0.25, 0.3) is 0 Å². The van der Waals surface area contributed by atoms with Gasteiger partial charge in [0, 0.05) is 25.7 Å². The van der Waals surface area contributed by atoms with E-state index in [2.05, 4.69) is 0 Å². The normalized spacial score (nSPS) is 21.0. The molecular weight excluding hydrogens is 268 g/mol. The lowest BCUT2D eigenvalue weighted by Gasteiger charge is -2.32. The number of sulfonamides is 1. The van der Waals surface area contributed by atoms with Gasteiger partial charge in [0.15, 0.2) is 0 Å². The molecule has 19 heavy (non-hydrogen) atoms. The Hall–Kier alpha value is -0.660. The first kappa shape index (κ1) is 16.4. The van der Waals surface area contributed by atoms with Gasteiger partial charge in [0.1, 0.15) is 6.04 Å². The molecule has 1 amide bonds. The van der Waals surface area contributed by atoms with E-state index in [4.69, 9.17) is 5.11 Å². The standard InChI is InChI=1S/C12H24N2O4S/c1-10(2)13(7-5-9-15)12(16)11-6-4-8-14(11)19(3,17)18/h10-11,15H,4-9H2,1-3H3. The molecule has 1 heterocycles. The van der Waals surface area contributed by atoms with Gasteiger partial charge in [-0.2, -0.15) is 4.31 Å². The van der Waals surface area contributed by atoms with Crippen LogP contribution < -0.4 is 0 Å². The molecule has 112 valence electrons. The van der Waals surface area contributed by atoms with Crippen molar-refractivity contribution >= 4 is 15.9 Å². The van der Waals surface area contributed by atoms with E-state index in [1.165, 1.54) is 4.31 Å². The number of rotatable bonds is 6. The molecule has 0 spiro atoms. The molecule has 0 saturated carbocycles. The molecule has 1 N–H and O–H groups in total. The van der Waals surface area contributed by atoms with Crippen molar-refractivity contribution in [1.82, 2.24) is 9.21 Å². The molecule has 0 aromatic heterocycles. The van der Waals surface area contributed by atoms with Crippen molar-refractivity contribution in [1.29, 1.82) is 0 Å². The molecule has 1 aliphatic rings. The number of hydrogen-bond donors (Lipinski definition) is 1. The Morgan fingerprint density at radius 1 is 1.47 bits per heavy atom. The smallest absolute Gasteiger partial charge is 0.241 e. The van der Waals surface area contributed by atoms with Crippen molar-refractivity contribution in [2.75, 3.05) is 26.0 Å². The average molecular weight is 292 g/mol. The molecule has 0 radical (unpaired) electrons. The molecule has 1 atom stereocenters. The first-order chi connectivity index (χ1) is 8.79. The summed E-state index contributed by atoms with van der Waals surface area (Å²) in [6.07, 6.45) is 2.95. The lowest BCUT2D eigenvalue weighted by Crippen LogP contribution is -2.50. The first-order valence-electron chi connectivity index (χ1n) is 6.67. The third kappa shape index (κ3) is 4.15. The van der Waals surface area contributed by atoms with E-state index in [9.17, 15) is 13.2 Å². The number of carbonyl (C=O) groups is 1. The predicted octanol–water partition coefficient (Wildman–Crippen LogP) is 0.0298. The van der Waals surface area contributed by atoms with Crippen LogP contribution in [-0.4, -0.2) is 66.7 Å². The number of aliphatic hydroxyl groups is 1. The predicted molar refractivity (Wildman–Crippen MR) is 73.1 cm³/mol. The van der Waals surface area contributed by atoms with Crippen LogP contribution in [0.2, 0.25) is 0 Å². The summed E-state index contributed by atoms with van der Waals surface area (Å²) in [6.45, 7) is 4.70. The van der Waals surface area contributed by atoms with Gasteiger partial charge in [0.2, 0.25) is 15.9 Å². The molecule has 0 aliphatic carbocycles. The SMILES string of the molecule is CC(C)N(CCCO)C(=O)C1CCCN1S(C)(=O)=O. The molecule has 1 saturated heterocycles. The molecule has 1 fully saturated rings. The van der Waals surface area contributed by atoms with Crippen molar-refractivity contribution in [3.8, 4) is 0 Å². The van der Waals surface area contributed by atoms with E-state index < -0.39 is 16.1 Å². The zero-order chi connectivity index (χ0) is 14.6. The summed E-state index contributed by atoms with van der Waals surface area (Å²) in [6, 6.07) is -0.572. The Balaban J connectivity index is 2.84. The van der Waals surface area contributed by atoms with E-state index in [1.807, 2.05) is 13.8 Å². The van der Waals surface area contributed by atoms with E-state index in [0.717, 1.165) is 12.7 Å². The molecule has 0 bridgehead atoms. The van der Waals surface area contributed by atoms with Crippen LogP contribution >= 0.6 is 0 Å². The van der Waals surface area contributed by atoms with Crippen LogP contribution in [0.25, 0.3) is 0 Å². The second-order valence-corrected chi connectivity index (χ2v) is 7.17. The molecule has 1 unspecified atom stereocenters. The number of nitrogens with zero attached hydrogens (tertiary/aromatic N) is 2. The van der Waals surface area contributed by atoms with Crippen LogP contribution in [0.4, 0.5) is 0 Å². The third-order valence-corrected chi connectivity index (χ3v) is 4.67. The number of hydrogen-bond acceptors (Lipinski definition) is 4. The van der Waals surface area contributed by atoms with Crippen LogP contribution in [-0.2, 0) is 14.8 Å². The van der Waals surface area contributed by atoms with Gasteiger partial charge in [-0.15, -0.1) is 0 Å². The van der Waals surface area contributed by atoms with Crippen molar-refractivity contribution in [2.24, 2.45) is 0 Å². The van der Waals surface area contributed by atoms with E-state index >= 15 is 0 Å². The number of aliphatic hydroxyl groups excluding tert-OH is 1. The van der Waals surface area contributed by atoms with Crippen LogP contribution in [0, 0.1) is 0 Å². The fourth-order valence-electron chi connectivity index (χ4n) is 2.44. The minimum Gasteiger partial charge on any atom is -0.396 e. The molecule has 0 aromatic carbocycles. The Bertz CT molecular complexity index is 408. The number of amides is 1.